The number of ether oxygens (including phenoxy) is 2. The average molecular weight is 437 g/mol. The highest BCUT2D eigenvalue weighted by Gasteiger charge is 2.24. The molecule has 0 amide bonds. The van der Waals surface area contributed by atoms with Gasteiger partial charge < -0.3 is 19.7 Å². The Morgan fingerprint density at radius 2 is 1.69 bits per heavy atom. The summed E-state index contributed by atoms with van der Waals surface area (Å²) in [6, 6.07) is 13.5. The van der Waals surface area contributed by atoms with Crippen LogP contribution in [0.2, 0.25) is 0 Å². The Morgan fingerprint density at radius 1 is 1.07 bits per heavy atom. The van der Waals surface area contributed by atoms with E-state index >= 15 is 0 Å². The van der Waals surface area contributed by atoms with Crippen molar-refractivity contribution in [3.8, 4) is 11.5 Å². The third kappa shape index (κ3) is 7.26. The Balaban J connectivity index is 0.00000204. The maximum atomic E-state index is 9.23. The van der Waals surface area contributed by atoms with Crippen molar-refractivity contribution < 1.29 is 19.7 Å². The van der Waals surface area contributed by atoms with E-state index in [-0.39, 0.29) is 17.8 Å². The van der Waals surface area contributed by atoms with Gasteiger partial charge in [-0.25, -0.2) is 0 Å². The number of hydrogen-bond acceptors (Lipinski definition) is 5. The van der Waals surface area contributed by atoms with Crippen LogP contribution in [0, 0.1) is 0 Å². The van der Waals surface area contributed by atoms with Crippen LogP contribution in [0.3, 0.4) is 0 Å². The smallest absolute Gasteiger partial charge is 0.164 e. The quantitative estimate of drug-likeness (QED) is 0.314. The minimum Gasteiger partial charge on any atom is -0.512 e. The molecular weight excluding hydrogens is 408 g/mol. The van der Waals surface area contributed by atoms with Gasteiger partial charge >= 0.3 is 0 Å². The molecular formula is C23H29ClO4S. The van der Waals surface area contributed by atoms with Crippen molar-refractivity contribution in [2.24, 2.45) is 0 Å². The van der Waals surface area contributed by atoms with E-state index in [2.05, 4.69) is 26.5 Å². The Morgan fingerprint density at radius 3 is 2.24 bits per heavy atom. The van der Waals surface area contributed by atoms with Crippen molar-refractivity contribution in [2.75, 3.05) is 13.2 Å². The standard InChI is InChI=1S/C21H23ClO4S.C2H6/c1-21(2,15-4-7-18(8-5-15)26-14-17(24)13-23)16-6-9-19(20(27)12-16)25-11-3-10-22;1-2/h3-10,12-13,23-24,27H,11,14H2,1-2H3;1-2H3/b10-3+,17-13-;. The van der Waals surface area contributed by atoms with Gasteiger partial charge in [0.1, 0.15) is 31.0 Å². The Labute approximate surface area is 183 Å². The third-order valence-electron chi connectivity index (χ3n) is 4.22. The summed E-state index contributed by atoms with van der Waals surface area (Å²) in [6.07, 6.45) is 2.33. The van der Waals surface area contributed by atoms with E-state index in [0.29, 0.717) is 24.4 Å². The fraction of sp³-hybridized carbons (Fsp3) is 0.304. The van der Waals surface area contributed by atoms with Gasteiger partial charge in [0.25, 0.3) is 0 Å². The maximum Gasteiger partial charge on any atom is 0.164 e. The second-order valence-electron chi connectivity index (χ2n) is 6.41. The molecule has 6 heteroatoms. The molecule has 2 N–H and O–H groups in total. The molecule has 0 bridgehead atoms. The molecule has 0 aliphatic carbocycles. The molecule has 2 aromatic rings. The van der Waals surface area contributed by atoms with Gasteiger partial charge in [-0.3, -0.25) is 0 Å². The van der Waals surface area contributed by atoms with Gasteiger partial charge in [-0.15, -0.1) is 12.6 Å². The first-order chi connectivity index (χ1) is 13.9. The first kappa shape index (κ1) is 24.8. The van der Waals surface area contributed by atoms with E-state index in [1.165, 1.54) is 5.54 Å². The van der Waals surface area contributed by atoms with Crippen molar-refractivity contribution in [1.29, 1.82) is 0 Å². The molecule has 0 aliphatic rings. The van der Waals surface area contributed by atoms with Crippen molar-refractivity contribution in [3.63, 3.8) is 0 Å². The molecule has 0 saturated carbocycles. The van der Waals surface area contributed by atoms with Crippen molar-refractivity contribution >= 4 is 24.2 Å². The molecule has 0 atom stereocenters. The van der Waals surface area contributed by atoms with Gasteiger partial charge in [0, 0.05) is 15.8 Å². The highest BCUT2D eigenvalue weighted by molar-refractivity contribution is 7.80. The highest BCUT2D eigenvalue weighted by Crippen LogP contribution is 2.35. The molecule has 0 radical (unpaired) electrons. The molecule has 0 aromatic heterocycles. The fourth-order valence-electron chi connectivity index (χ4n) is 2.53. The van der Waals surface area contributed by atoms with Gasteiger partial charge in [0.15, 0.2) is 5.76 Å². The second-order valence-corrected chi connectivity index (χ2v) is 7.15. The van der Waals surface area contributed by atoms with Crippen molar-refractivity contribution in [2.45, 2.75) is 38.0 Å². The molecule has 158 valence electrons. The molecule has 0 fully saturated rings. The van der Waals surface area contributed by atoms with Crippen LogP contribution < -0.4 is 9.47 Å². The van der Waals surface area contributed by atoms with Crippen molar-refractivity contribution in [3.05, 3.63) is 77.2 Å². The van der Waals surface area contributed by atoms with E-state index < -0.39 is 0 Å². The van der Waals surface area contributed by atoms with Crippen LogP contribution in [-0.2, 0) is 5.41 Å². The third-order valence-corrected chi connectivity index (χ3v) is 4.74. The van der Waals surface area contributed by atoms with Crippen LogP contribution in [0.15, 0.2) is 71.0 Å². The zero-order valence-electron chi connectivity index (χ0n) is 17.2. The molecule has 0 saturated heterocycles. The summed E-state index contributed by atoms with van der Waals surface area (Å²) in [5.74, 6) is 1.08. The van der Waals surface area contributed by atoms with E-state index in [1.807, 2.05) is 56.3 Å². The van der Waals surface area contributed by atoms with Gasteiger partial charge in [0.2, 0.25) is 0 Å². The van der Waals surface area contributed by atoms with Gasteiger partial charge in [0.05, 0.1) is 0 Å². The van der Waals surface area contributed by atoms with Crippen LogP contribution in [0.1, 0.15) is 38.8 Å². The van der Waals surface area contributed by atoms with E-state index in [4.69, 9.17) is 26.2 Å². The van der Waals surface area contributed by atoms with Gasteiger partial charge in [-0.1, -0.05) is 57.5 Å². The van der Waals surface area contributed by atoms with Gasteiger partial charge in [-0.2, -0.15) is 0 Å². The van der Waals surface area contributed by atoms with Crippen LogP contribution in [0.5, 0.6) is 11.5 Å². The predicted octanol–water partition coefficient (Wildman–Crippen LogP) is 6.79. The fourth-order valence-corrected chi connectivity index (χ4v) is 2.88. The number of aliphatic hydroxyl groups excluding tert-OH is 2. The first-order valence-corrected chi connectivity index (χ1v) is 10.2. The van der Waals surface area contributed by atoms with Crippen LogP contribution in [0.25, 0.3) is 0 Å². The number of thiol groups is 1. The molecule has 4 nitrogen and oxygen atoms in total. The SMILES string of the molecule is CC.CC(C)(c1ccc(OC/C(O)=C/O)cc1)c1ccc(OC/C=C/Cl)c(S)c1. The van der Waals surface area contributed by atoms with Crippen LogP contribution >= 0.6 is 24.2 Å². The Hall–Kier alpha value is -2.24. The lowest BCUT2D eigenvalue weighted by atomic mass is 9.78. The number of halogens is 1. The van der Waals surface area contributed by atoms with E-state index in [1.54, 1.807) is 6.08 Å². The molecule has 2 rings (SSSR count). The summed E-state index contributed by atoms with van der Waals surface area (Å²) in [4.78, 5) is 0.759. The van der Waals surface area contributed by atoms with E-state index in [0.717, 1.165) is 16.0 Å². The minimum atomic E-state index is -0.252. The summed E-state index contributed by atoms with van der Waals surface area (Å²) in [6.45, 7) is 8.57. The Kier molecular flexibility index (Phi) is 10.6. The summed E-state index contributed by atoms with van der Waals surface area (Å²) in [5.41, 5.74) is 3.37. The Bertz CT molecular complexity index is 814. The van der Waals surface area contributed by atoms with Crippen LogP contribution in [-0.4, -0.2) is 23.4 Å². The summed E-state index contributed by atoms with van der Waals surface area (Å²) < 4.78 is 11.0. The normalized spacial score (nSPS) is 11.7. The lowest BCUT2D eigenvalue weighted by molar-refractivity contribution is 0.255. The largest absolute Gasteiger partial charge is 0.512 e. The lowest BCUT2D eigenvalue weighted by Crippen LogP contribution is -2.19. The molecule has 0 aliphatic heterocycles. The molecule has 0 heterocycles. The number of aliphatic hydroxyl groups is 2. The monoisotopic (exact) mass is 436 g/mol. The maximum absolute atomic E-state index is 9.23. The molecule has 0 unspecified atom stereocenters. The van der Waals surface area contributed by atoms with Gasteiger partial charge in [-0.05, 0) is 41.5 Å². The number of hydrogen-bond donors (Lipinski definition) is 3. The number of benzene rings is 2. The minimum absolute atomic E-state index is 0.0807. The summed E-state index contributed by atoms with van der Waals surface area (Å²) >= 11 is 10.0. The second kappa shape index (κ2) is 12.3. The van der Waals surface area contributed by atoms with Crippen molar-refractivity contribution in [1.82, 2.24) is 0 Å². The summed E-state index contributed by atoms with van der Waals surface area (Å²) in [7, 11) is 0. The number of rotatable bonds is 8. The predicted molar refractivity (Wildman–Crippen MR) is 123 cm³/mol. The molecule has 2 aromatic carbocycles. The first-order valence-electron chi connectivity index (χ1n) is 9.35. The zero-order valence-corrected chi connectivity index (χ0v) is 18.9. The lowest BCUT2D eigenvalue weighted by Gasteiger charge is -2.27. The highest BCUT2D eigenvalue weighted by atomic mass is 35.5. The molecule has 29 heavy (non-hydrogen) atoms. The summed E-state index contributed by atoms with van der Waals surface area (Å²) in [5, 5.41) is 17.9. The average Bonchev–Trinajstić information content (AvgIpc) is 2.74. The van der Waals surface area contributed by atoms with E-state index in [9.17, 15) is 5.11 Å². The molecule has 0 spiro atoms. The zero-order chi connectivity index (χ0) is 21.9. The van der Waals surface area contributed by atoms with Crippen LogP contribution in [0.4, 0.5) is 0 Å². The topological polar surface area (TPSA) is 58.9 Å².